The first-order chi connectivity index (χ1) is 6.19. The molecule has 1 rings (SSSR count). The minimum Gasteiger partial charge on any atom is -0.466 e. The topological polar surface area (TPSA) is 90.9 Å². The van der Waals surface area contributed by atoms with Crippen LogP contribution in [0.4, 0.5) is 0 Å². The van der Waals surface area contributed by atoms with Gasteiger partial charge in [-0.2, -0.15) is 0 Å². The van der Waals surface area contributed by atoms with Gasteiger partial charge in [0.25, 0.3) is 0 Å². The van der Waals surface area contributed by atoms with Gasteiger partial charge in [-0.1, -0.05) is 0 Å². The van der Waals surface area contributed by atoms with E-state index in [1.807, 2.05) is 0 Å². The molecule has 0 spiro atoms. The van der Waals surface area contributed by atoms with Crippen molar-refractivity contribution in [2.24, 2.45) is 0 Å². The quantitative estimate of drug-likeness (QED) is 0.572. The maximum absolute atomic E-state index is 11.2. The van der Waals surface area contributed by atoms with Crippen molar-refractivity contribution in [2.45, 2.75) is 12.7 Å². The summed E-state index contributed by atoms with van der Waals surface area (Å²) in [4.78, 5) is 11.2. The maximum Gasteiger partial charge on any atom is 0.191 e. The van der Waals surface area contributed by atoms with Crippen LogP contribution in [0, 0.1) is 0 Å². The van der Waals surface area contributed by atoms with Gasteiger partial charge in [-0.3, -0.25) is 4.79 Å². The molecule has 0 saturated carbocycles. The summed E-state index contributed by atoms with van der Waals surface area (Å²) >= 11 is 0. The van der Waals surface area contributed by atoms with Gasteiger partial charge in [0, 0.05) is 6.07 Å². The van der Waals surface area contributed by atoms with Gasteiger partial charge in [-0.05, 0) is 0 Å². The van der Waals surface area contributed by atoms with Crippen molar-refractivity contribution in [1.82, 2.24) is 0 Å². The van der Waals surface area contributed by atoms with Crippen LogP contribution < -0.4 is 5.43 Å². The van der Waals surface area contributed by atoms with Crippen LogP contribution in [0.5, 0.6) is 0 Å². The van der Waals surface area contributed by atoms with E-state index in [1.165, 1.54) is 0 Å². The van der Waals surface area contributed by atoms with E-state index in [9.17, 15) is 4.79 Å². The first kappa shape index (κ1) is 9.91. The minimum atomic E-state index is -1.23. The third-order valence-electron chi connectivity index (χ3n) is 1.60. The number of aliphatic hydroxyl groups is 3. The van der Waals surface area contributed by atoms with Crippen molar-refractivity contribution in [1.29, 1.82) is 0 Å². The van der Waals surface area contributed by atoms with Gasteiger partial charge in [0.2, 0.25) is 0 Å². The summed E-state index contributed by atoms with van der Waals surface area (Å²) in [5, 5.41) is 26.3. The monoisotopic (exact) mass is 186 g/mol. The molecule has 0 aliphatic carbocycles. The van der Waals surface area contributed by atoms with E-state index in [-0.39, 0.29) is 17.9 Å². The molecule has 3 N–H and O–H groups in total. The first-order valence-corrected chi connectivity index (χ1v) is 3.70. The highest BCUT2D eigenvalue weighted by Gasteiger charge is 2.11. The van der Waals surface area contributed by atoms with Crippen molar-refractivity contribution in [3.05, 3.63) is 33.9 Å². The Hall–Kier alpha value is -1.17. The fourth-order valence-electron chi connectivity index (χ4n) is 0.885. The van der Waals surface area contributed by atoms with Crippen LogP contribution in [-0.4, -0.2) is 21.9 Å². The molecule has 0 bridgehead atoms. The van der Waals surface area contributed by atoms with Crippen LogP contribution in [0.2, 0.25) is 0 Å². The van der Waals surface area contributed by atoms with Crippen molar-refractivity contribution in [2.75, 3.05) is 6.61 Å². The lowest BCUT2D eigenvalue weighted by molar-refractivity contribution is 0.0926. The third kappa shape index (κ3) is 2.15. The van der Waals surface area contributed by atoms with E-state index >= 15 is 0 Å². The van der Waals surface area contributed by atoms with Gasteiger partial charge >= 0.3 is 0 Å². The molecule has 1 atom stereocenters. The highest BCUT2D eigenvalue weighted by molar-refractivity contribution is 5.13. The molecule has 72 valence electrons. The van der Waals surface area contributed by atoms with E-state index in [2.05, 4.69) is 0 Å². The molecular formula is C8H10O5. The summed E-state index contributed by atoms with van der Waals surface area (Å²) < 4.78 is 4.79. The van der Waals surface area contributed by atoms with Gasteiger partial charge in [0.15, 0.2) is 5.43 Å². The number of hydrogen-bond donors (Lipinski definition) is 3. The number of aliphatic hydroxyl groups excluding tert-OH is 3. The summed E-state index contributed by atoms with van der Waals surface area (Å²) in [6, 6.07) is 1.08. The Kier molecular flexibility index (Phi) is 3.18. The fraction of sp³-hybridized carbons (Fsp3) is 0.375. The average Bonchev–Trinajstić information content (AvgIpc) is 2.16. The SMILES string of the molecule is O=c1cc(CO)occ1[C@@H](O)CO. The maximum atomic E-state index is 11.2. The summed E-state index contributed by atoms with van der Waals surface area (Å²) in [6.07, 6.45) is -0.196. The van der Waals surface area contributed by atoms with Crippen LogP contribution in [0.15, 0.2) is 21.5 Å². The Morgan fingerprint density at radius 3 is 2.62 bits per heavy atom. The van der Waals surface area contributed by atoms with E-state index in [0.717, 1.165) is 12.3 Å². The van der Waals surface area contributed by atoms with E-state index < -0.39 is 18.1 Å². The molecule has 0 aliphatic heterocycles. The van der Waals surface area contributed by atoms with Gasteiger partial charge in [0.1, 0.15) is 24.7 Å². The summed E-state index contributed by atoms with van der Waals surface area (Å²) in [7, 11) is 0. The van der Waals surface area contributed by atoms with Crippen molar-refractivity contribution in [3.8, 4) is 0 Å². The highest BCUT2D eigenvalue weighted by Crippen LogP contribution is 2.07. The normalized spacial score (nSPS) is 12.8. The van der Waals surface area contributed by atoms with E-state index in [4.69, 9.17) is 19.7 Å². The molecule has 0 saturated heterocycles. The van der Waals surface area contributed by atoms with E-state index in [0.29, 0.717) is 0 Å². The van der Waals surface area contributed by atoms with Gasteiger partial charge < -0.3 is 19.7 Å². The molecule has 13 heavy (non-hydrogen) atoms. The lowest BCUT2D eigenvalue weighted by Crippen LogP contribution is -2.15. The second-order valence-corrected chi connectivity index (χ2v) is 2.52. The Labute approximate surface area is 73.9 Å². The average molecular weight is 186 g/mol. The van der Waals surface area contributed by atoms with Crippen LogP contribution in [0.25, 0.3) is 0 Å². The van der Waals surface area contributed by atoms with Gasteiger partial charge in [-0.25, -0.2) is 0 Å². The molecular weight excluding hydrogens is 176 g/mol. The molecule has 0 radical (unpaired) electrons. The summed E-state index contributed by atoms with van der Waals surface area (Å²) in [5.74, 6) is 0.124. The molecule has 5 heteroatoms. The molecule has 1 aromatic heterocycles. The molecule has 1 aromatic rings. The Morgan fingerprint density at radius 1 is 1.46 bits per heavy atom. The van der Waals surface area contributed by atoms with E-state index in [1.54, 1.807) is 0 Å². The molecule has 0 aromatic carbocycles. The predicted octanol–water partition coefficient (Wildman–Crippen LogP) is -0.842. The predicted molar refractivity (Wildman–Crippen MR) is 42.9 cm³/mol. The van der Waals surface area contributed by atoms with Crippen LogP contribution in [-0.2, 0) is 6.61 Å². The lowest BCUT2D eigenvalue weighted by atomic mass is 10.2. The molecule has 1 heterocycles. The largest absolute Gasteiger partial charge is 0.466 e. The fourth-order valence-corrected chi connectivity index (χ4v) is 0.885. The zero-order chi connectivity index (χ0) is 9.84. The second kappa shape index (κ2) is 4.18. The standard InChI is InChI=1S/C8H10O5/c9-2-5-1-7(11)6(4-13-5)8(12)3-10/h1,4,8-10,12H,2-3H2/t8-/m0/s1. The second-order valence-electron chi connectivity index (χ2n) is 2.52. The van der Waals surface area contributed by atoms with Gasteiger partial charge in [-0.15, -0.1) is 0 Å². The summed E-state index contributed by atoms with van der Waals surface area (Å²) in [6.45, 7) is -0.909. The molecule has 0 amide bonds. The Morgan fingerprint density at radius 2 is 2.15 bits per heavy atom. The summed E-state index contributed by atoms with van der Waals surface area (Å²) in [5.41, 5.74) is -0.475. The van der Waals surface area contributed by atoms with Crippen LogP contribution >= 0.6 is 0 Å². The third-order valence-corrected chi connectivity index (χ3v) is 1.60. The Balaban J connectivity index is 3.05. The Bertz CT molecular complexity index is 330. The molecule has 0 fully saturated rings. The zero-order valence-electron chi connectivity index (χ0n) is 6.80. The van der Waals surface area contributed by atoms with Crippen LogP contribution in [0.3, 0.4) is 0 Å². The molecule has 0 aliphatic rings. The van der Waals surface area contributed by atoms with Crippen molar-refractivity contribution >= 4 is 0 Å². The number of rotatable bonds is 3. The molecule has 0 unspecified atom stereocenters. The smallest absolute Gasteiger partial charge is 0.191 e. The lowest BCUT2D eigenvalue weighted by Gasteiger charge is -2.05. The minimum absolute atomic E-state index is 0.0142. The number of hydrogen-bond acceptors (Lipinski definition) is 5. The van der Waals surface area contributed by atoms with Crippen molar-refractivity contribution in [3.63, 3.8) is 0 Å². The van der Waals surface area contributed by atoms with Gasteiger partial charge in [0.05, 0.1) is 12.2 Å². The van der Waals surface area contributed by atoms with Crippen molar-refractivity contribution < 1.29 is 19.7 Å². The zero-order valence-corrected chi connectivity index (χ0v) is 6.80. The molecule has 5 nitrogen and oxygen atoms in total. The highest BCUT2D eigenvalue weighted by atomic mass is 16.4. The first-order valence-electron chi connectivity index (χ1n) is 3.70. The van der Waals surface area contributed by atoms with Crippen LogP contribution in [0.1, 0.15) is 17.4 Å².